The van der Waals surface area contributed by atoms with Gasteiger partial charge in [-0.1, -0.05) is 23.7 Å². The van der Waals surface area contributed by atoms with Crippen LogP contribution < -0.4 is 5.56 Å². The van der Waals surface area contributed by atoms with Gasteiger partial charge in [-0.3, -0.25) is 9.20 Å². The number of nitrogens with zero attached hydrogens (tertiary/aromatic N) is 5. The first-order valence-corrected chi connectivity index (χ1v) is 6.58. The van der Waals surface area contributed by atoms with E-state index in [0.717, 1.165) is 0 Å². The van der Waals surface area contributed by atoms with Crippen molar-refractivity contribution in [2.45, 2.75) is 0 Å². The van der Waals surface area contributed by atoms with Crippen molar-refractivity contribution >= 4 is 28.4 Å². The molecule has 0 radical (unpaired) electrons. The van der Waals surface area contributed by atoms with Crippen LogP contribution in [0.3, 0.4) is 0 Å². The van der Waals surface area contributed by atoms with E-state index < -0.39 is 0 Å². The predicted molar refractivity (Wildman–Crippen MR) is 78.9 cm³/mol. The van der Waals surface area contributed by atoms with E-state index in [1.165, 1.54) is 17.1 Å². The third kappa shape index (κ3) is 1.66. The van der Waals surface area contributed by atoms with E-state index in [0.29, 0.717) is 27.5 Å². The van der Waals surface area contributed by atoms with Crippen LogP contribution in [0, 0.1) is 0 Å². The van der Waals surface area contributed by atoms with Crippen molar-refractivity contribution in [3.05, 3.63) is 64.6 Å². The highest BCUT2D eigenvalue weighted by Gasteiger charge is 2.15. The standard InChI is InChI=1S/C14H8ClN5O/c15-10-3-1-2-4-11(10)20-13(21)9-7-16-8-18-12(9)19-6-5-17-14(19)20/h1-8H. The van der Waals surface area contributed by atoms with Gasteiger partial charge in [0, 0.05) is 18.6 Å². The van der Waals surface area contributed by atoms with Crippen LogP contribution in [0.15, 0.2) is 54.0 Å². The van der Waals surface area contributed by atoms with Crippen molar-refractivity contribution in [3.63, 3.8) is 0 Å². The molecule has 21 heavy (non-hydrogen) atoms. The summed E-state index contributed by atoms with van der Waals surface area (Å²) in [4.78, 5) is 25.1. The lowest BCUT2D eigenvalue weighted by Crippen LogP contribution is -2.22. The molecule has 0 spiro atoms. The van der Waals surface area contributed by atoms with Gasteiger partial charge in [-0.05, 0) is 12.1 Å². The first-order valence-electron chi connectivity index (χ1n) is 6.20. The van der Waals surface area contributed by atoms with Crippen molar-refractivity contribution in [1.82, 2.24) is 23.9 Å². The Morgan fingerprint density at radius 2 is 2.00 bits per heavy atom. The molecule has 0 bridgehead atoms. The molecular weight excluding hydrogens is 290 g/mol. The lowest BCUT2D eigenvalue weighted by Gasteiger charge is -2.11. The summed E-state index contributed by atoms with van der Waals surface area (Å²) in [5.74, 6) is 0.458. The molecule has 3 heterocycles. The summed E-state index contributed by atoms with van der Waals surface area (Å²) < 4.78 is 3.20. The molecule has 6 nitrogen and oxygen atoms in total. The summed E-state index contributed by atoms with van der Waals surface area (Å²) in [6, 6.07) is 7.13. The van der Waals surface area contributed by atoms with E-state index in [2.05, 4.69) is 15.0 Å². The van der Waals surface area contributed by atoms with Crippen molar-refractivity contribution < 1.29 is 0 Å². The Morgan fingerprint density at radius 1 is 1.14 bits per heavy atom. The van der Waals surface area contributed by atoms with Gasteiger partial charge in [0.1, 0.15) is 11.7 Å². The number of fused-ring (bicyclic) bond motifs is 3. The van der Waals surface area contributed by atoms with E-state index in [-0.39, 0.29) is 5.56 Å². The fourth-order valence-electron chi connectivity index (χ4n) is 2.35. The van der Waals surface area contributed by atoms with Gasteiger partial charge in [0.05, 0.1) is 10.7 Å². The number of rotatable bonds is 1. The predicted octanol–water partition coefficient (Wildman–Crippen LogP) is 2.08. The van der Waals surface area contributed by atoms with Crippen LogP contribution in [0.5, 0.6) is 0 Å². The Hall–Kier alpha value is -2.73. The largest absolute Gasteiger partial charge is 0.270 e. The molecule has 0 fully saturated rings. The van der Waals surface area contributed by atoms with E-state index in [4.69, 9.17) is 11.6 Å². The second kappa shape index (κ2) is 4.39. The highest BCUT2D eigenvalue weighted by Crippen LogP contribution is 2.21. The maximum Gasteiger partial charge on any atom is 0.270 e. The van der Waals surface area contributed by atoms with Gasteiger partial charge in [0.15, 0.2) is 5.65 Å². The lowest BCUT2D eigenvalue weighted by molar-refractivity contribution is 0.960. The van der Waals surface area contributed by atoms with E-state index in [9.17, 15) is 4.79 Å². The first kappa shape index (κ1) is 12.0. The van der Waals surface area contributed by atoms with Crippen LogP contribution in [-0.2, 0) is 0 Å². The molecule has 4 rings (SSSR count). The number of benzene rings is 1. The normalized spacial score (nSPS) is 11.3. The molecule has 0 atom stereocenters. The van der Waals surface area contributed by atoms with Gasteiger partial charge in [-0.2, -0.15) is 0 Å². The van der Waals surface area contributed by atoms with Gasteiger partial charge in [-0.15, -0.1) is 0 Å². The number of hydrogen-bond acceptors (Lipinski definition) is 4. The molecule has 0 amide bonds. The van der Waals surface area contributed by atoms with Crippen molar-refractivity contribution in [1.29, 1.82) is 0 Å². The zero-order chi connectivity index (χ0) is 14.4. The SMILES string of the molecule is O=c1c2cncnc2n2ccnc2n1-c1ccccc1Cl. The molecule has 7 heteroatoms. The zero-order valence-electron chi connectivity index (χ0n) is 10.6. The van der Waals surface area contributed by atoms with E-state index >= 15 is 0 Å². The quantitative estimate of drug-likeness (QED) is 0.539. The number of hydrogen-bond donors (Lipinski definition) is 0. The molecule has 0 aliphatic heterocycles. The highest BCUT2D eigenvalue weighted by atomic mass is 35.5. The second-order valence-electron chi connectivity index (χ2n) is 4.45. The van der Waals surface area contributed by atoms with Gasteiger partial charge >= 0.3 is 0 Å². The Labute approximate surface area is 123 Å². The smallest absolute Gasteiger partial charge is 0.269 e. The molecule has 3 aromatic heterocycles. The fraction of sp³-hybridized carbons (Fsp3) is 0. The monoisotopic (exact) mass is 297 g/mol. The Balaban J connectivity index is 2.27. The van der Waals surface area contributed by atoms with E-state index in [1.54, 1.807) is 28.9 Å². The van der Waals surface area contributed by atoms with Crippen LogP contribution in [-0.4, -0.2) is 23.9 Å². The fourth-order valence-corrected chi connectivity index (χ4v) is 2.57. The second-order valence-corrected chi connectivity index (χ2v) is 4.86. The molecular formula is C14H8ClN5O. The minimum absolute atomic E-state index is 0.252. The van der Waals surface area contributed by atoms with Crippen molar-refractivity contribution in [2.75, 3.05) is 0 Å². The van der Waals surface area contributed by atoms with Gasteiger partial charge < -0.3 is 0 Å². The summed E-state index contributed by atoms with van der Waals surface area (Å²) >= 11 is 6.22. The molecule has 0 aliphatic carbocycles. The average Bonchev–Trinajstić information content (AvgIpc) is 2.99. The molecule has 0 aliphatic rings. The minimum Gasteiger partial charge on any atom is -0.269 e. The summed E-state index contributed by atoms with van der Waals surface area (Å²) in [7, 11) is 0. The number of aromatic nitrogens is 5. The minimum atomic E-state index is -0.252. The third-order valence-corrected chi connectivity index (χ3v) is 3.59. The topological polar surface area (TPSA) is 65.1 Å². The number of halogens is 1. The van der Waals surface area contributed by atoms with Crippen molar-refractivity contribution in [2.24, 2.45) is 0 Å². The van der Waals surface area contributed by atoms with Crippen molar-refractivity contribution in [3.8, 4) is 5.69 Å². The summed E-state index contributed by atoms with van der Waals surface area (Å²) in [5, 5.41) is 0.878. The third-order valence-electron chi connectivity index (χ3n) is 3.27. The van der Waals surface area contributed by atoms with E-state index in [1.807, 2.05) is 12.1 Å². The molecule has 0 N–H and O–H groups in total. The molecule has 4 aromatic rings. The van der Waals surface area contributed by atoms with Gasteiger partial charge in [0.25, 0.3) is 5.56 Å². The zero-order valence-corrected chi connectivity index (χ0v) is 11.4. The summed E-state index contributed by atoms with van der Waals surface area (Å²) in [5.41, 5.74) is 0.842. The summed E-state index contributed by atoms with van der Waals surface area (Å²) in [6.07, 6.45) is 6.26. The van der Waals surface area contributed by atoms with Crippen LogP contribution >= 0.6 is 11.6 Å². The van der Waals surface area contributed by atoms with Gasteiger partial charge in [-0.25, -0.2) is 19.5 Å². The average molecular weight is 298 g/mol. The molecule has 0 saturated carbocycles. The molecule has 102 valence electrons. The Bertz CT molecular complexity index is 1040. The van der Waals surface area contributed by atoms with Crippen LogP contribution in [0.2, 0.25) is 5.02 Å². The Kier molecular flexibility index (Phi) is 2.52. The molecule has 0 saturated heterocycles. The summed E-state index contributed by atoms with van der Waals surface area (Å²) in [6.45, 7) is 0. The lowest BCUT2D eigenvalue weighted by atomic mass is 10.3. The Morgan fingerprint density at radius 3 is 2.86 bits per heavy atom. The van der Waals surface area contributed by atoms with Crippen LogP contribution in [0.25, 0.3) is 22.5 Å². The van der Waals surface area contributed by atoms with Gasteiger partial charge in [0.2, 0.25) is 5.78 Å². The molecule has 0 unspecified atom stereocenters. The first-order chi connectivity index (χ1) is 10.3. The van der Waals surface area contributed by atoms with Crippen LogP contribution in [0.4, 0.5) is 0 Å². The van der Waals surface area contributed by atoms with Crippen LogP contribution in [0.1, 0.15) is 0 Å². The maximum atomic E-state index is 12.8. The maximum absolute atomic E-state index is 12.8. The molecule has 1 aromatic carbocycles. The number of para-hydroxylation sites is 1. The number of imidazole rings is 1. The highest BCUT2D eigenvalue weighted by molar-refractivity contribution is 6.32.